The number of hydrogen-bond acceptors (Lipinski definition) is 4. The molecule has 0 unspecified atom stereocenters. The second kappa shape index (κ2) is 5.49. The van der Waals surface area contributed by atoms with Gasteiger partial charge in [0.2, 0.25) is 0 Å². The first-order chi connectivity index (χ1) is 11.3. The van der Waals surface area contributed by atoms with Gasteiger partial charge in [-0.05, 0) is 23.8 Å². The van der Waals surface area contributed by atoms with Gasteiger partial charge >= 0.3 is 5.76 Å². The van der Waals surface area contributed by atoms with Gasteiger partial charge < -0.3 is 14.1 Å². The molecule has 0 amide bonds. The fourth-order valence-electron chi connectivity index (χ4n) is 2.45. The summed E-state index contributed by atoms with van der Waals surface area (Å²) in [5.41, 5.74) is 2.72. The van der Waals surface area contributed by atoms with E-state index in [2.05, 4.69) is 15.2 Å². The van der Waals surface area contributed by atoms with Crippen molar-refractivity contribution in [1.29, 1.82) is 0 Å². The Hall–Kier alpha value is -3.28. The first-order valence-corrected chi connectivity index (χ1v) is 7.13. The predicted octanol–water partition coefficient (Wildman–Crippen LogP) is 3.09. The average Bonchev–Trinajstić information content (AvgIpc) is 3.19. The van der Waals surface area contributed by atoms with E-state index in [1.807, 2.05) is 48.5 Å². The van der Waals surface area contributed by atoms with Gasteiger partial charge in [-0.15, -0.1) is 5.10 Å². The van der Waals surface area contributed by atoms with Crippen LogP contribution >= 0.6 is 0 Å². The number of aromatic nitrogens is 3. The van der Waals surface area contributed by atoms with E-state index in [0.29, 0.717) is 12.2 Å². The van der Waals surface area contributed by atoms with Crippen molar-refractivity contribution < 1.29 is 9.15 Å². The maximum Gasteiger partial charge on any atom is 0.434 e. The molecule has 0 bridgehead atoms. The van der Waals surface area contributed by atoms with E-state index >= 15 is 0 Å². The Kier molecular flexibility index (Phi) is 3.20. The summed E-state index contributed by atoms with van der Waals surface area (Å²) in [5.74, 6) is 0.410. The van der Waals surface area contributed by atoms with Crippen molar-refractivity contribution in [2.75, 3.05) is 0 Å². The zero-order valence-electron chi connectivity index (χ0n) is 12.1. The van der Waals surface area contributed by atoms with Crippen LogP contribution < -0.4 is 10.5 Å². The molecule has 0 aliphatic carbocycles. The van der Waals surface area contributed by atoms with E-state index in [0.717, 1.165) is 22.2 Å². The minimum absolute atomic E-state index is 0.251. The highest BCUT2D eigenvalue weighted by Crippen LogP contribution is 2.29. The second-order valence-corrected chi connectivity index (χ2v) is 5.10. The first-order valence-electron chi connectivity index (χ1n) is 7.13. The zero-order valence-corrected chi connectivity index (χ0v) is 12.1. The van der Waals surface area contributed by atoms with Crippen LogP contribution in [-0.2, 0) is 6.61 Å². The van der Waals surface area contributed by atoms with E-state index in [1.165, 1.54) is 0 Å². The smallest absolute Gasteiger partial charge is 0.434 e. The number of rotatable bonds is 4. The van der Waals surface area contributed by atoms with E-state index in [1.54, 1.807) is 6.20 Å². The molecule has 0 saturated heterocycles. The number of H-pyrrole nitrogens is 2. The Morgan fingerprint density at radius 3 is 2.78 bits per heavy atom. The number of hydrogen-bond donors (Lipinski definition) is 2. The molecular weight excluding hydrogens is 294 g/mol. The maximum absolute atomic E-state index is 11.1. The number of nitrogens with one attached hydrogen (secondary N) is 2. The first kappa shape index (κ1) is 13.4. The molecule has 23 heavy (non-hydrogen) atoms. The lowest BCUT2D eigenvalue weighted by molar-refractivity contribution is 0.306. The van der Waals surface area contributed by atoms with E-state index < -0.39 is 5.76 Å². The Balaban J connectivity index is 1.65. The summed E-state index contributed by atoms with van der Waals surface area (Å²) in [6, 6.07) is 15.7. The van der Waals surface area contributed by atoms with Crippen molar-refractivity contribution in [3.8, 4) is 17.2 Å². The van der Waals surface area contributed by atoms with Crippen LogP contribution in [0.1, 0.15) is 5.56 Å². The van der Waals surface area contributed by atoms with Gasteiger partial charge in [-0.2, -0.15) is 0 Å². The minimum Gasteiger partial charge on any atom is -0.489 e. The summed E-state index contributed by atoms with van der Waals surface area (Å²) in [7, 11) is 0. The lowest BCUT2D eigenvalue weighted by atomic mass is 10.1. The Labute approximate surface area is 130 Å². The van der Waals surface area contributed by atoms with Crippen molar-refractivity contribution in [1.82, 2.24) is 15.2 Å². The summed E-state index contributed by atoms with van der Waals surface area (Å²) >= 11 is 0. The minimum atomic E-state index is -0.578. The van der Waals surface area contributed by atoms with Gasteiger partial charge in [0.05, 0.1) is 5.56 Å². The third kappa shape index (κ3) is 2.62. The van der Waals surface area contributed by atoms with Gasteiger partial charge in [-0.25, -0.2) is 9.89 Å². The van der Waals surface area contributed by atoms with Crippen LogP contribution in [-0.4, -0.2) is 15.2 Å². The van der Waals surface area contributed by atoms with Crippen molar-refractivity contribution in [2.45, 2.75) is 6.61 Å². The monoisotopic (exact) mass is 307 g/mol. The largest absolute Gasteiger partial charge is 0.489 e. The van der Waals surface area contributed by atoms with Crippen LogP contribution in [0.25, 0.3) is 22.4 Å². The Bertz CT molecular complexity index is 999. The highest BCUT2D eigenvalue weighted by molar-refractivity contribution is 5.94. The Morgan fingerprint density at radius 2 is 2.00 bits per heavy atom. The number of ether oxygens (including phenoxy) is 1. The zero-order chi connectivity index (χ0) is 15.6. The molecule has 4 rings (SSSR count). The Morgan fingerprint density at radius 1 is 1.13 bits per heavy atom. The SMILES string of the molecule is O=c1[nH]nc(-c2c[nH]c3ccc(OCc4ccccc4)cc23)o1. The van der Waals surface area contributed by atoms with Crippen LogP contribution in [0, 0.1) is 0 Å². The van der Waals surface area contributed by atoms with Crippen LogP contribution in [0.2, 0.25) is 0 Å². The van der Waals surface area contributed by atoms with E-state index in [4.69, 9.17) is 9.15 Å². The molecule has 0 aliphatic rings. The topological polar surface area (TPSA) is 83.9 Å². The molecular formula is C17H13N3O3. The van der Waals surface area contributed by atoms with E-state index in [-0.39, 0.29) is 5.89 Å². The summed E-state index contributed by atoms with van der Waals surface area (Å²) in [4.78, 5) is 14.3. The summed E-state index contributed by atoms with van der Waals surface area (Å²) in [5, 5.41) is 7.01. The molecule has 4 aromatic rings. The fraction of sp³-hybridized carbons (Fsp3) is 0.0588. The lowest BCUT2D eigenvalue weighted by Gasteiger charge is -2.06. The van der Waals surface area contributed by atoms with Crippen molar-refractivity contribution in [3.05, 3.63) is 70.8 Å². The number of aromatic amines is 2. The maximum atomic E-state index is 11.1. The quantitative estimate of drug-likeness (QED) is 0.607. The lowest BCUT2D eigenvalue weighted by Crippen LogP contribution is -1.94. The van der Waals surface area contributed by atoms with Gasteiger partial charge in [0, 0.05) is 17.1 Å². The molecule has 2 N–H and O–H groups in total. The van der Waals surface area contributed by atoms with Gasteiger partial charge in [-0.1, -0.05) is 30.3 Å². The summed E-state index contributed by atoms with van der Waals surface area (Å²) < 4.78 is 10.9. The van der Waals surface area contributed by atoms with Crippen molar-refractivity contribution >= 4 is 10.9 Å². The molecule has 0 saturated carbocycles. The van der Waals surface area contributed by atoms with Crippen molar-refractivity contribution in [2.24, 2.45) is 0 Å². The molecule has 2 aromatic heterocycles. The molecule has 2 aromatic carbocycles. The van der Waals surface area contributed by atoms with Gasteiger partial charge in [0.15, 0.2) is 0 Å². The molecule has 0 fully saturated rings. The molecule has 0 spiro atoms. The van der Waals surface area contributed by atoms with Gasteiger partial charge in [-0.3, -0.25) is 0 Å². The van der Waals surface area contributed by atoms with Crippen LogP contribution in [0.4, 0.5) is 0 Å². The third-order valence-corrected chi connectivity index (χ3v) is 3.57. The van der Waals surface area contributed by atoms with Crippen LogP contribution in [0.15, 0.2) is 63.9 Å². The number of benzene rings is 2. The van der Waals surface area contributed by atoms with Crippen LogP contribution in [0.3, 0.4) is 0 Å². The molecule has 6 nitrogen and oxygen atoms in total. The second-order valence-electron chi connectivity index (χ2n) is 5.10. The average molecular weight is 307 g/mol. The molecule has 114 valence electrons. The molecule has 0 radical (unpaired) electrons. The molecule has 6 heteroatoms. The fourth-order valence-corrected chi connectivity index (χ4v) is 2.45. The highest BCUT2D eigenvalue weighted by atomic mass is 16.5. The van der Waals surface area contributed by atoms with E-state index in [9.17, 15) is 4.79 Å². The van der Waals surface area contributed by atoms with Gasteiger partial charge in [0.25, 0.3) is 5.89 Å². The molecule has 0 atom stereocenters. The van der Waals surface area contributed by atoms with Crippen LogP contribution in [0.5, 0.6) is 5.75 Å². The van der Waals surface area contributed by atoms with Crippen molar-refractivity contribution in [3.63, 3.8) is 0 Å². The highest BCUT2D eigenvalue weighted by Gasteiger charge is 2.12. The standard InChI is InChI=1S/C17H13N3O3/c21-17-20-19-16(23-17)14-9-18-15-7-6-12(8-13(14)15)22-10-11-4-2-1-3-5-11/h1-9,18H,10H2,(H,20,21). The molecule has 0 aliphatic heterocycles. The predicted molar refractivity (Wildman–Crippen MR) is 85.2 cm³/mol. The normalized spacial score (nSPS) is 11.0. The molecule has 2 heterocycles. The third-order valence-electron chi connectivity index (χ3n) is 3.57. The number of fused-ring (bicyclic) bond motifs is 1. The summed E-state index contributed by atoms with van der Waals surface area (Å²) in [6.45, 7) is 0.490. The van der Waals surface area contributed by atoms with Gasteiger partial charge in [0.1, 0.15) is 12.4 Å². The summed E-state index contributed by atoms with van der Waals surface area (Å²) in [6.07, 6.45) is 1.75. The number of nitrogens with zero attached hydrogens (tertiary/aromatic N) is 1.